The van der Waals surface area contributed by atoms with Crippen molar-refractivity contribution in [2.45, 2.75) is 27.2 Å². The van der Waals surface area contributed by atoms with E-state index in [1.54, 1.807) is 0 Å². The lowest BCUT2D eigenvalue weighted by Crippen LogP contribution is -1.99. The highest BCUT2D eigenvalue weighted by atomic mass is 15.0. The number of benzene rings is 1. The van der Waals surface area contributed by atoms with Crippen molar-refractivity contribution in [1.82, 2.24) is 4.98 Å². The van der Waals surface area contributed by atoms with Crippen molar-refractivity contribution in [3.05, 3.63) is 34.9 Å². The van der Waals surface area contributed by atoms with E-state index in [-0.39, 0.29) is 0 Å². The molecule has 0 aliphatic heterocycles. The smallest absolute Gasteiger partial charge is 0.129 e. The second-order valence-corrected chi connectivity index (χ2v) is 4.25. The van der Waals surface area contributed by atoms with Crippen LogP contribution in [0.1, 0.15) is 23.6 Å². The monoisotopic (exact) mass is 214 g/mol. The van der Waals surface area contributed by atoms with Crippen LogP contribution in [0.25, 0.3) is 10.9 Å². The van der Waals surface area contributed by atoms with E-state index in [1.807, 2.05) is 7.05 Å². The quantitative estimate of drug-likeness (QED) is 0.828. The second-order valence-electron chi connectivity index (χ2n) is 4.25. The number of fused-ring (bicyclic) bond motifs is 1. The molecular formula is C14H18N2. The number of aromatic nitrogens is 1. The predicted molar refractivity (Wildman–Crippen MR) is 70.1 cm³/mol. The predicted octanol–water partition coefficient (Wildman–Crippen LogP) is 3.46. The van der Waals surface area contributed by atoms with Gasteiger partial charge in [-0.3, -0.25) is 0 Å². The van der Waals surface area contributed by atoms with Crippen LogP contribution in [-0.2, 0) is 6.42 Å². The maximum atomic E-state index is 4.68. The van der Waals surface area contributed by atoms with E-state index >= 15 is 0 Å². The van der Waals surface area contributed by atoms with Gasteiger partial charge in [-0.25, -0.2) is 4.98 Å². The Bertz CT molecular complexity index is 530. The van der Waals surface area contributed by atoms with Gasteiger partial charge in [0, 0.05) is 12.4 Å². The van der Waals surface area contributed by atoms with Crippen LogP contribution in [0.5, 0.6) is 0 Å². The molecule has 2 rings (SSSR count). The van der Waals surface area contributed by atoms with Gasteiger partial charge in [0.05, 0.1) is 5.52 Å². The molecule has 0 radical (unpaired) electrons. The summed E-state index contributed by atoms with van der Waals surface area (Å²) in [6, 6.07) is 6.61. The van der Waals surface area contributed by atoms with Crippen molar-refractivity contribution in [2.75, 3.05) is 12.4 Å². The van der Waals surface area contributed by atoms with E-state index in [4.69, 9.17) is 0 Å². The number of pyridine rings is 1. The zero-order valence-electron chi connectivity index (χ0n) is 10.4. The van der Waals surface area contributed by atoms with Gasteiger partial charge < -0.3 is 5.32 Å². The molecule has 0 amide bonds. The van der Waals surface area contributed by atoms with Gasteiger partial charge in [-0.05, 0) is 49.1 Å². The molecule has 0 fully saturated rings. The summed E-state index contributed by atoms with van der Waals surface area (Å²) in [6.45, 7) is 6.42. The molecular weight excluding hydrogens is 196 g/mol. The summed E-state index contributed by atoms with van der Waals surface area (Å²) in [6.07, 6.45) is 1.01. The Morgan fingerprint density at radius 3 is 2.56 bits per heavy atom. The van der Waals surface area contributed by atoms with Crippen molar-refractivity contribution in [1.29, 1.82) is 0 Å². The maximum absolute atomic E-state index is 4.68. The highest BCUT2D eigenvalue weighted by Crippen LogP contribution is 2.24. The van der Waals surface area contributed by atoms with Gasteiger partial charge in [0.15, 0.2) is 0 Å². The third-order valence-corrected chi connectivity index (χ3v) is 2.98. The minimum Gasteiger partial charge on any atom is -0.373 e. The Balaban J connectivity index is 2.78. The molecule has 1 aromatic carbocycles. The molecule has 84 valence electrons. The fraction of sp³-hybridized carbons (Fsp3) is 0.357. The van der Waals surface area contributed by atoms with E-state index in [2.05, 4.69) is 49.3 Å². The SMILES string of the molecule is CCc1cc2c(C)cc(C)cc2nc1NC. The molecule has 1 N–H and O–H groups in total. The van der Waals surface area contributed by atoms with Crippen LogP contribution in [0.3, 0.4) is 0 Å². The number of nitrogens with zero attached hydrogens (tertiary/aromatic N) is 1. The summed E-state index contributed by atoms with van der Waals surface area (Å²) < 4.78 is 0. The molecule has 1 aromatic heterocycles. The lowest BCUT2D eigenvalue weighted by atomic mass is 10.0. The zero-order chi connectivity index (χ0) is 11.7. The molecule has 0 unspecified atom stereocenters. The van der Waals surface area contributed by atoms with E-state index < -0.39 is 0 Å². The van der Waals surface area contributed by atoms with Crippen LogP contribution in [-0.4, -0.2) is 12.0 Å². The zero-order valence-corrected chi connectivity index (χ0v) is 10.4. The van der Waals surface area contributed by atoms with Crippen LogP contribution in [0.4, 0.5) is 5.82 Å². The largest absolute Gasteiger partial charge is 0.373 e. The normalized spacial score (nSPS) is 10.8. The summed E-state index contributed by atoms with van der Waals surface area (Å²) in [7, 11) is 1.93. The number of anilines is 1. The first kappa shape index (κ1) is 10.9. The van der Waals surface area contributed by atoms with Gasteiger partial charge in [-0.15, -0.1) is 0 Å². The molecule has 0 bridgehead atoms. The molecule has 0 saturated heterocycles. The standard InChI is InChI=1S/C14H18N2/c1-5-11-8-12-10(3)6-9(2)7-13(12)16-14(11)15-4/h6-8H,5H2,1-4H3,(H,15,16). The lowest BCUT2D eigenvalue weighted by Gasteiger charge is -2.10. The van der Waals surface area contributed by atoms with E-state index in [9.17, 15) is 0 Å². The molecule has 0 spiro atoms. The number of hydrogen-bond donors (Lipinski definition) is 1. The minimum absolute atomic E-state index is 1.00. The molecule has 0 atom stereocenters. The Hall–Kier alpha value is -1.57. The average Bonchev–Trinajstić information content (AvgIpc) is 2.27. The summed E-state index contributed by atoms with van der Waals surface area (Å²) in [4.78, 5) is 4.68. The van der Waals surface area contributed by atoms with E-state index in [0.29, 0.717) is 0 Å². The van der Waals surface area contributed by atoms with Gasteiger partial charge in [0.25, 0.3) is 0 Å². The number of rotatable bonds is 2. The van der Waals surface area contributed by atoms with Gasteiger partial charge in [0.1, 0.15) is 5.82 Å². The Labute approximate surface area is 96.7 Å². The molecule has 2 heteroatoms. The van der Waals surface area contributed by atoms with E-state index in [1.165, 1.54) is 22.1 Å². The molecule has 2 aromatic rings. The van der Waals surface area contributed by atoms with Crippen molar-refractivity contribution >= 4 is 16.7 Å². The minimum atomic E-state index is 1.00. The first-order chi connectivity index (χ1) is 7.65. The van der Waals surface area contributed by atoms with Crippen LogP contribution in [0.2, 0.25) is 0 Å². The maximum Gasteiger partial charge on any atom is 0.129 e. The molecule has 1 heterocycles. The van der Waals surface area contributed by atoms with Gasteiger partial charge in [-0.2, -0.15) is 0 Å². The van der Waals surface area contributed by atoms with Crippen LogP contribution < -0.4 is 5.32 Å². The number of hydrogen-bond acceptors (Lipinski definition) is 2. The summed E-state index contributed by atoms with van der Waals surface area (Å²) >= 11 is 0. The van der Waals surface area contributed by atoms with Crippen molar-refractivity contribution < 1.29 is 0 Å². The number of aryl methyl sites for hydroxylation is 3. The Morgan fingerprint density at radius 1 is 1.19 bits per heavy atom. The Morgan fingerprint density at radius 2 is 1.94 bits per heavy atom. The highest BCUT2D eigenvalue weighted by molar-refractivity contribution is 5.85. The third kappa shape index (κ3) is 1.75. The summed E-state index contributed by atoms with van der Waals surface area (Å²) in [5.41, 5.74) is 4.93. The lowest BCUT2D eigenvalue weighted by molar-refractivity contribution is 1.11. The fourth-order valence-corrected chi connectivity index (χ4v) is 2.16. The fourth-order valence-electron chi connectivity index (χ4n) is 2.16. The van der Waals surface area contributed by atoms with Crippen LogP contribution >= 0.6 is 0 Å². The summed E-state index contributed by atoms with van der Waals surface area (Å²) in [5, 5.41) is 4.43. The van der Waals surface area contributed by atoms with Gasteiger partial charge >= 0.3 is 0 Å². The number of nitrogens with one attached hydrogen (secondary N) is 1. The van der Waals surface area contributed by atoms with Crippen molar-refractivity contribution in [3.63, 3.8) is 0 Å². The topological polar surface area (TPSA) is 24.9 Å². The van der Waals surface area contributed by atoms with Crippen LogP contribution in [0.15, 0.2) is 18.2 Å². The van der Waals surface area contributed by atoms with Gasteiger partial charge in [0.2, 0.25) is 0 Å². The third-order valence-electron chi connectivity index (χ3n) is 2.98. The highest BCUT2D eigenvalue weighted by Gasteiger charge is 2.06. The van der Waals surface area contributed by atoms with Crippen LogP contribution in [0, 0.1) is 13.8 Å². The molecule has 0 saturated carbocycles. The summed E-state index contributed by atoms with van der Waals surface area (Å²) in [5.74, 6) is 1.00. The van der Waals surface area contributed by atoms with Crippen molar-refractivity contribution in [3.8, 4) is 0 Å². The van der Waals surface area contributed by atoms with E-state index in [0.717, 1.165) is 17.8 Å². The molecule has 16 heavy (non-hydrogen) atoms. The first-order valence-corrected chi connectivity index (χ1v) is 5.74. The molecule has 0 aliphatic rings. The van der Waals surface area contributed by atoms with Crippen molar-refractivity contribution in [2.24, 2.45) is 0 Å². The average molecular weight is 214 g/mol. The molecule has 0 aliphatic carbocycles. The molecule has 2 nitrogen and oxygen atoms in total. The van der Waals surface area contributed by atoms with Gasteiger partial charge in [-0.1, -0.05) is 13.0 Å². The first-order valence-electron chi connectivity index (χ1n) is 5.74. The second kappa shape index (κ2) is 4.12. The Kier molecular flexibility index (Phi) is 2.82.